The molecule has 16 heavy (non-hydrogen) atoms. The third-order valence-corrected chi connectivity index (χ3v) is 3.38. The van der Waals surface area contributed by atoms with E-state index in [1.165, 1.54) is 7.11 Å². The van der Waals surface area contributed by atoms with Crippen molar-refractivity contribution in [2.75, 3.05) is 20.3 Å². The lowest BCUT2D eigenvalue weighted by Crippen LogP contribution is -2.53. The molecule has 1 saturated heterocycles. The van der Waals surface area contributed by atoms with Gasteiger partial charge in [-0.1, -0.05) is 27.7 Å². The lowest BCUT2D eigenvalue weighted by atomic mass is 9.65. The van der Waals surface area contributed by atoms with E-state index in [4.69, 9.17) is 9.47 Å². The van der Waals surface area contributed by atoms with Gasteiger partial charge in [0, 0.05) is 5.41 Å². The van der Waals surface area contributed by atoms with Crippen molar-refractivity contribution in [2.24, 2.45) is 23.2 Å². The first-order chi connectivity index (χ1) is 7.43. The van der Waals surface area contributed by atoms with Crippen molar-refractivity contribution >= 4 is 5.97 Å². The molecule has 0 aromatic heterocycles. The molecule has 0 N–H and O–H groups in total. The first-order valence-corrected chi connectivity index (χ1v) is 6.08. The van der Waals surface area contributed by atoms with Crippen LogP contribution in [0.2, 0.25) is 0 Å². The van der Waals surface area contributed by atoms with Crippen LogP contribution in [-0.2, 0) is 14.3 Å². The molecule has 3 nitrogen and oxygen atoms in total. The van der Waals surface area contributed by atoms with Crippen LogP contribution in [0, 0.1) is 23.2 Å². The Kier molecular flexibility index (Phi) is 4.36. The second-order valence-electron chi connectivity index (χ2n) is 5.70. The molecular weight excluding hydrogens is 204 g/mol. The van der Waals surface area contributed by atoms with Gasteiger partial charge in [0.1, 0.15) is 0 Å². The number of ether oxygens (including phenoxy) is 2. The van der Waals surface area contributed by atoms with Crippen molar-refractivity contribution in [3.8, 4) is 0 Å². The number of carbonyl (C=O) groups excluding carboxylic acids is 1. The SMILES string of the molecule is COC(=O)C(C(C)C)C1(CC(C)C)COC1. The van der Waals surface area contributed by atoms with Gasteiger partial charge in [-0.2, -0.15) is 0 Å². The number of carbonyl (C=O) groups is 1. The summed E-state index contributed by atoms with van der Waals surface area (Å²) in [5.74, 6) is 0.762. The van der Waals surface area contributed by atoms with Crippen LogP contribution in [-0.4, -0.2) is 26.3 Å². The highest BCUT2D eigenvalue weighted by atomic mass is 16.5. The summed E-state index contributed by atoms with van der Waals surface area (Å²) >= 11 is 0. The Hall–Kier alpha value is -0.570. The van der Waals surface area contributed by atoms with Crippen LogP contribution in [0.3, 0.4) is 0 Å². The molecule has 1 heterocycles. The average molecular weight is 228 g/mol. The fourth-order valence-electron chi connectivity index (χ4n) is 2.96. The van der Waals surface area contributed by atoms with Gasteiger partial charge >= 0.3 is 5.97 Å². The van der Waals surface area contributed by atoms with Gasteiger partial charge in [0.05, 0.1) is 26.2 Å². The molecule has 94 valence electrons. The summed E-state index contributed by atoms with van der Waals surface area (Å²) in [6.45, 7) is 9.94. The van der Waals surface area contributed by atoms with E-state index in [2.05, 4.69) is 27.7 Å². The molecule has 0 saturated carbocycles. The fourth-order valence-corrected chi connectivity index (χ4v) is 2.96. The Bertz CT molecular complexity index is 242. The largest absolute Gasteiger partial charge is 0.469 e. The average Bonchev–Trinajstić information content (AvgIpc) is 2.12. The van der Waals surface area contributed by atoms with Gasteiger partial charge in [0.15, 0.2) is 0 Å². The lowest BCUT2D eigenvalue weighted by Gasteiger charge is -2.48. The molecule has 0 aromatic rings. The van der Waals surface area contributed by atoms with Crippen molar-refractivity contribution in [3.63, 3.8) is 0 Å². The van der Waals surface area contributed by atoms with E-state index >= 15 is 0 Å². The van der Waals surface area contributed by atoms with Crippen molar-refractivity contribution in [1.82, 2.24) is 0 Å². The highest BCUT2D eigenvalue weighted by Gasteiger charge is 2.50. The van der Waals surface area contributed by atoms with E-state index in [0.717, 1.165) is 6.42 Å². The minimum absolute atomic E-state index is 0.00935. The van der Waals surface area contributed by atoms with Crippen molar-refractivity contribution in [3.05, 3.63) is 0 Å². The minimum Gasteiger partial charge on any atom is -0.469 e. The highest BCUT2D eigenvalue weighted by molar-refractivity contribution is 5.73. The molecule has 1 fully saturated rings. The quantitative estimate of drug-likeness (QED) is 0.678. The maximum Gasteiger partial charge on any atom is 0.309 e. The summed E-state index contributed by atoms with van der Waals surface area (Å²) in [4.78, 5) is 11.9. The Morgan fingerprint density at radius 3 is 2.12 bits per heavy atom. The summed E-state index contributed by atoms with van der Waals surface area (Å²) < 4.78 is 10.3. The summed E-state index contributed by atoms with van der Waals surface area (Å²) in [6.07, 6.45) is 1.03. The normalized spacial score (nSPS) is 20.7. The van der Waals surface area contributed by atoms with Crippen molar-refractivity contribution < 1.29 is 14.3 Å². The zero-order valence-corrected chi connectivity index (χ0v) is 11.1. The lowest BCUT2D eigenvalue weighted by molar-refractivity contribution is -0.189. The number of hydrogen-bond donors (Lipinski definition) is 0. The predicted octanol–water partition coefficient (Wildman–Crippen LogP) is 2.49. The van der Waals surface area contributed by atoms with Crippen LogP contribution in [0.5, 0.6) is 0 Å². The smallest absolute Gasteiger partial charge is 0.309 e. The zero-order valence-electron chi connectivity index (χ0n) is 11.1. The number of rotatable bonds is 5. The Balaban J connectivity index is 2.85. The molecule has 1 unspecified atom stereocenters. The molecule has 1 atom stereocenters. The van der Waals surface area contributed by atoms with E-state index < -0.39 is 0 Å². The molecule has 0 radical (unpaired) electrons. The topological polar surface area (TPSA) is 35.5 Å². The van der Waals surface area contributed by atoms with Gasteiger partial charge in [0.25, 0.3) is 0 Å². The van der Waals surface area contributed by atoms with Crippen LogP contribution in [0.4, 0.5) is 0 Å². The molecule has 0 bridgehead atoms. The molecule has 0 amide bonds. The van der Waals surface area contributed by atoms with Crippen LogP contribution in [0.25, 0.3) is 0 Å². The third kappa shape index (κ3) is 2.57. The van der Waals surface area contributed by atoms with E-state index in [0.29, 0.717) is 25.0 Å². The van der Waals surface area contributed by atoms with Crippen LogP contribution in [0.15, 0.2) is 0 Å². The molecule has 0 aliphatic carbocycles. The van der Waals surface area contributed by atoms with Gasteiger partial charge in [-0.25, -0.2) is 0 Å². The van der Waals surface area contributed by atoms with E-state index in [9.17, 15) is 4.79 Å². The minimum atomic E-state index is -0.0843. The number of hydrogen-bond acceptors (Lipinski definition) is 3. The summed E-state index contributed by atoms with van der Waals surface area (Å²) in [6, 6.07) is 0. The van der Waals surface area contributed by atoms with Crippen LogP contribution < -0.4 is 0 Å². The zero-order chi connectivity index (χ0) is 12.3. The number of esters is 1. The van der Waals surface area contributed by atoms with Gasteiger partial charge in [-0.15, -0.1) is 0 Å². The number of methoxy groups -OCH3 is 1. The summed E-state index contributed by atoms with van der Waals surface area (Å²) in [7, 11) is 1.47. The second kappa shape index (κ2) is 5.17. The molecule has 1 rings (SSSR count). The highest BCUT2D eigenvalue weighted by Crippen LogP contribution is 2.45. The monoisotopic (exact) mass is 228 g/mol. The molecule has 3 heteroatoms. The molecule has 0 spiro atoms. The van der Waals surface area contributed by atoms with Gasteiger partial charge < -0.3 is 9.47 Å². The first kappa shape index (κ1) is 13.5. The van der Waals surface area contributed by atoms with E-state index in [-0.39, 0.29) is 17.3 Å². The standard InChI is InChI=1S/C13H24O3/c1-9(2)6-13(7-16-8-13)11(10(3)4)12(14)15-5/h9-11H,6-8H2,1-5H3. The van der Waals surface area contributed by atoms with Crippen molar-refractivity contribution in [1.29, 1.82) is 0 Å². The Morgan fingerprint density at radius 1 is 1.31 bits per heavy atom. The Labute approximate surface area is 98.5 Å². The fraction of sp³-hybridized carbons (Fsp3) is 0.923. The van der Waals surface area contributed by atoms with Gasteiger partial charge in [0.2, 0.25) is 0 Å². The maximum atomic E-state index is 11.9. The van der Waals surface area contributed by atoms with E-state index in [1.54, 1.807) is 0 Å². The Morgan fingerprint density at radius 2 is 1.88 bits per heavy atom. The maximum absolute atomic E-state index is 11.9. The van der Waals surface area contributed by atoms with Crippen LogP contribution in [0.1, 0.15) is 34.1 Å². The summed E-state index contributed by atoms with van der Waals surface area (Å²) in [5, 5.41) is 0. The molecule has 1 aliphatic heterocycles. The van der Waals surface area contributed by atoms with Crippen molar-refractivity contribution in [2.45, 2.75) is 34.1 Å². The third-order valence-electron chi connectivity index (χ3n) is 3.38. The molecular formula is C13H24O3. The molecule has 0 aromatic carbocycles. The van der Waals surface area contributed by atoms with Crippen LogP contribution >= 0.6 is 0 Å². The van der Waals surface area contributed by atoms with E-state index in [1.807, 2.05) is 0 Å². The summed E-state index contributed by atoms with van der Waals surface area (Å²) in [5.41, 5.74) is 0.00935. The molecule has 1 aliphatic rings. The van der Waals surface area contributed by atoms with Gasteiger partial charge in [-0.05, 0) is 18.3 Å². The second-order valence-corrected chi connectivity index (χ2v) is 5.70. The first-order valence-electron chi connectivity index (χ1n) is 6.08. The predicted molar refractivity (Wildman–Crippen MR) is 63.1 cm³/mol. The van der Waals surface area contributed by atoms with Gasteiger partial charge in [-0.3, -0.25) is 4.79 Å².